The van der Waals surface area contributed by atoms with Crippen LogP contribution < -0.4 is 4.74 Å². The molecule has 1 heterocycles. The Kier molecular flexibility index (Phi) is 4.19. The third kappa shape index (κ3) is 2.50. The molecule has 94 valence electrons. The lowest BCUT2D eigenvalue weighted by Crippen LogP contribution is -2.01. The number of hydrogen-bond acceptors (Lipinski definition) is 3. The van der Waals surface area contributed by atoms with Gasteiger partial charge in [-0.15, -0.1) is 11.3 Å². The van der Waals surface area contributed by atoms with Gasteiger partial charge in [-0.05, 0) is 50.1 Å². The number of hydrogen-bond donors (Lipinski definition) is 0. The SMILES string of the molecule is COc1ccc(C(=O)c2scc(Br)c2Br)cc1F. The van der Waals surface area contributed by atoms with E-state index in [4.69, 9.17) is 4.74 Å². The van der Waals surface area contributed by atoms with Crippen LogP contribution in [0.15, 0.2) is 32.5 Å². The molecule has 0 atom stereocenters. The van der Waals surface area contributed by atoms with Gasteiger partial charge in [-0.2, -0.15) is 0 Å². The quantitative estimate of drug-likeness (QED) is 0.709. The molecular weight excluding hydrogens is 387 g/mol. The fourth-order valence-electron chi connectivity index (χ4n) is 1.41. The van der Waals surface area contributed by atoms with Crippen LogP contribution in [0.1, 0.15) is 15.2 Å². The number of ketones is 1. The topological polar surface area (TPSA) is 26.3 Å². The largest absolute Gasteiger partial charge is 0.494 e. The molecule has 0 aliphatic rings. The summed E-state index contributed by atoms with van der Waals surface area (Å²) in [5.41, 5.74) is 0.295. The highest BCUT2D eigenvalue weighted by molar-refractivity contribution is 9.13. The zero-order valence-corrected chi connectivity index (χ0v) is 13.2. The van der Waals surface area contributed by atoms with Gasteiger partial charge in [0, 0.05) is 15.4 Å². The molecule has 0 N–H and O–H groups in total. The fraction of sp³-hybridized carbons (Fsp3) is 0.0833. The first-order valence-corrected chi connectivity index (χ1v) is 7.32. The molecule has 0 bridgehead atoms. The molecule has 6 heteroatoms. The van der Waals surface area contributed by atoms with Crippen molar-refractivity contribution in [2.75, 3.05) is 7.11 Å². The van der Waals surface area contributed by atoms with E-state index in [0.717, 1.165) is 4.47 Å². The standard InChI is InChI=1S/C12H7Br2FO2S/c1-17-9-3-2-6(4-8(9)15)11(16)12-10(14)7(13)5-18-12/h2-5H,1H3. The van der Waals surface area contributed by atoms with E-state index in [1.54, 1.807) is 11.4 Å². The van der Waals surface area contributed by atoms with Crippen molar-refractivity contribution in [1.29, 1.82) is 0 Å². The van der Waals surface area contributed by atoms with Gasteiger partial charge in [-0.25, -0.2) is 4.39 Å². The van der Waals surface area contributed by atoms with Gasteiger partial charge in [0.1, 0.15) is 0 Å². The highest BCUT2D eigenvalue weighted by Gasteiger charge is 2.18. The Morgan fingerprint density at radius 3 is 2.61 bits per heavy atom. The Morgan fingerprint density at radius 2 is 2.11 bits per heavy atom. The van der Waals surface area contributed by atoms with Crippen molar-refractivity contribution in [3.8, 4) is 5.75 Å². The highest BCUT2D eigenvalue weighted by Crippen LogP contribution is 2.34. The second-order valence-electron chi connectivity index (χ2n) is 3.41. The molecule has 0 saturated heterocycles. The first kappa shape index (κ1) is 13.7. The molecule has 0 saturated carbocycles. The number of ether oxygens (including phenoxy) is 1. The number of benzene rings is 1. The summed E-state index contributed by atoms with van der Waals surface area (Å²) in [6, 6.07) is 4.17. The monoisotopic (exact) mass is 392 g/mol. The van der Waals surface area contributed by atoms with Crippen molar-refractivity contribution < 1.29 is 13.9 Å². The zero-order valence-electron chi connectivity index (χ0n) is 9.17. The molecule has 0 amide bonds. The first-order chi connectivity index (χ1) is 8.54. The van der Waals surface area contributed by atoms with Crippen molar-refractivity contribution in [1.82, 2.24) is 0 Å². The smallest absolute Gasteiger partial charge is 0.204 e. The summed E-state index contributed by atoms with van der Waals surface area (Å²) < 4.78 is 19.8. The summed E-state index contributed by atoms with van der Waals surface area (Å²) in [5.74, 6) is -0.646. The molecular formula is C12H7Br2FO2S. The Hall–Kier alpha value is -0.720. The van der Waals surface area contributed by atoms with Crippen molar-refractivity contribution in [2.45, 2.75) is 0 Å². The van der Waals surface area contributed by atoms with E-state index >= 15 is 0 Å². The van der Waals surface area contributed by atoms with Gasteiger partial charge in [0.2, 0.25) is 5.78 Å². The molecule has 0 aliphatic carbocycles. The number of carbonyl (C=O) groups is 1. The van der Waals surface area contributed by atoms with Gasteiger partial charge in [0.15, 0.2) is 11.6 Å². The van der Waals surface area contributed by atoms with E-state index in [-0.39, 0.29) is 11.5 Å². The van der Waals surface area contributed by atoms with Crippen LogP contribution in [0.2, 0.25) is 0 Å². The fourth-order valence-corrected chi connectivity index (χ4v) is 3.53. The van der Waals surface area contributed by atoms with Gasteiger partial charge in [0.05, 0.1) is 16.5 Å². The van der Waals surface area contributed by atoms with E-state index in [1.807, 2.05) is 0 Å². The van der Waals surface area contributed by atoms with Crippen LogP contribution >= 0.6 is 43.2 Å². The van der Waals surface area contributed by atoms with Crippen LogP contribution in [0.5, 0.6) is 5.75 Å². The van der Waals surface area contributed by atoms with Gasteiger partial charge in [-0.3, -0.25) is 4.79 Å². The summed E-state index contributed by atoms with van der Waals surface area (Å²) in [6.45, 7) is 0. The Labute approximate surface area is 124 Å². The van der Waals surface area contributed by atoms with Crippen molar-refractivity contribution >= 4 is 49.0 Å². The van der Waals surface area contributed by atoms with Crippen LogP contribution in [0.25, 0.3) is 0 Å². The van der Waals surface area contributed by atoms with Crippen LogP contribution in [-0.2, 0) is 0 Å². The molecule has 0 aliphatic heterocycles. The number of halogens is 3. The summed E-state index contributed by atoms with van der Waals surface area (Å²) >= 11 is 7.93. The van der Waals surface area contributed by atoms with E-state index in [0.29, 0.717) is 14.9 Å². The normalized spacial score (nSPS) is 10.4. The lowest BCUT2D eigenvalue weighted by Gasteiger charge is -2.04. The minimum atomic E-state index is -0.546. The van der Waals surface area contributed by atoms with E-state index < -0.39 is 5.82 Å². The van der Waals surface area contributed by atoms with E-state index in [9.17, 15) is 9.18 Å². The summed E-state index contributed by atoms with van der Waals surface area (Å²) in [7, 11) is 1.38. The number of carbonyl (C=O) groups excluding carboxylic acids is 1. The van der Waals surface area contributed by atoms with Crippen LogP contribution in [0.4, 0.5) is 4.39 Å². The summed E-state index contributed by atoms with van der Waals surface area (Å²) in [4.78, 5) is 12.7. The van der Waals surface area contributed by atoms with E-state index in [1.165, 1.54) is 30.6 Å². The maximum Gasteiger partial charge on any atom is 0.204 e. The molecule has 0 spiro atoms. The molecule has 2 rings (SSSR count). The molecule has 2 aromatic rings. The van der Waals surface area contributed by atoms with Crippen molar-refractivity contribution in [3.05, 3.63) is 48.8 Å². The van der Waals surface area contributed by atoms with Crippen LogP contribution in [0.3, 0.4) is 0 Å². The second-order valence-corrected chi connectivity index (χ2v) is 5.93. The maximum atomic E-state index is 13.5. The Balaban J connectivity index is 2.40. The average molecular weight is 394 g/mol. The minimum absolute atomic E-state index is 0.123. The number of rotatable bonds is 3. The first-order valence-electron chi connectivity index (χ1n) is 4.85. The van der Waals surface area contributed by atoms with Crippen molar-refractivity contribution in [2.24, 2.45) is 0 Å². The minimum Gasteiger partial charge on any atom is -0.494 e. The molecule has 1 aromatic carbocycles. The van der Waals surface area contributed by atoms with Crippen LogP contribution in [0, 0.1) is 5.82 Å². The Morgan fingerprint density at radius 1 is 1.39 bits per heavy atom. The Bertz CT molecular complexity index is 610. The lowest BCUT2D eigenvalue weighted by molar-refractivity contribution is 0.104. The molecule has 0 fully saturated rings. The molecule has 0 radical (unpaired) electrons. The number of methoxy groups -OCH3 is 1. The highest BCUT2D eigenvalue weighted by atomic mass is 79.9. The van der Waals surface area contributed by atoms with Crippen LogP contribution in [-0.4, -0.2) is 12.9 Å². The summed E-state index contributed by atoms with van der Waals surface area (Å²) in [5, 5.41) is 1.80. The number of thiophene rings is 1. The van der Waals surface area contributed by atoms with Gasteiger partial charge >= 0.3 is 0 Å². The third-order valence-electron chi connectivity index (χ3n) is 2.31. The molecule has 2 nitrogen and oxygen atoms in total. The van der Waals surface area contributed by atoms with Gasteiger partial charge in [-0.1, -0.05) is 0 Å². The molecule has 0 unspecified atom stereocenters. The lowest BCUT2D eigenvalue weighted by atomic mass is 10.1. The predicted octanol–water partition coefficient (Wildman–Crippen LogP) is 4.65. The van der Waals surface area contributed by atoms with Crippen molar-refractivity contribution in [3.63, 3.8) is 0 Å². The zero-order chi connectivity index (χ0) is 13.3. The second kappa shape index (κ2) is 5.50. The summed E-state index contributed by atoms with van der Waals surface area (Å²) in [6.07, 6.45) is 0. The van der Waals surface area contributed by atoms with Gasteiger partial charge < -0.3 is 4.74 Å². The maximum absolute atomic E-state index is 13.5. The predicted molar refractivity (Wildman–Crippen MR) is 76.1 cm³/mol. The average Bonchev–Trinajstić information content (AvgIpc) is 2.69. The molecule has 18 heavy (non-hydrogen) atoms. The molecule has 1 aromatic heterocycles. The van der Waals surface area contributed by atoms with E-state index in [2.05, 4.69) is 31.9 Å². The third-order valence-corrected chi connectivity index (χ3v) is 5.83. The van der Waals surface area contributed by atoms with Gasteiger partial charge in [0.25, 0.3) is 0 Å².